The van der Waals surface area contributed by atoms with E-state index in [0.717, 1.165) is 10.4 Å². The van der Waals surface area contributed by atoms with Gasteiger partial charge >= 0.3 is 0 Å². The Morgan fingerprint density at radius 2 is 1.83 bits per heavy atom. The zero-order valence-corrected chi connectivity index (χ0v) is 11.0. The zero-order valence-electron chi connectivity index (χ0n) is 10.2. The van der Waals surface area contributed by atoms with Crippen LogP contribution in [-0.4, -0.2) is 19.3 Å². The molecule has 1 aromatic heterocycles. The van der Waals surface area contributed by atoms with E-state index in [2.05, 4.69) is 0 Å². The second-order valence-electron chi connectivity index (χ2n) is 3.77. The highest BCUT2D eigenvalue weighted by molar-refractivity contribution is 7.10. The lowest BCUT2D eigenvalue weighted by molar-refractivity contribution is 0.339. The number of hydrogen-bond acceptors (Lipinski definition) is 5. The minimum absolute atomic E-state index is 0.0119. The van der Waals surface area contributed by atoms with Gasteiger partial charge in [0.1, 0.15) is 0 Å². The molecular formula is C13H15NO3S. The smallest absolute Gasteiger partial charge is 0.200 e. The van der Waals surface area contributed by atoms with Crippen molar-refractivity contribution in [1.82, 2.24) is 0 Å². The Labute approximate surface area is 110 Å². The first-order chi connectivity index (χ1) is 8.67. The molecule has 0 radical (unpaired) electrons. The molecule has 0 fully saturated rings. The summed E-state index contributed by atoms with van der Waals surface area (Å²) in [6.07, 6.45) is 0. The molecule has 0 unspecified atom stereocenters. The molecule has 0 saturated heterocycles. The first-order valence-corrected chi connectivity index (χ1v) is 6.29. The Morgan fingerprint density at radius 1 is 1.22 bits per heavy atom. The van der Waals surface area contributed by atoms with E-state index in [1.165, 1.54) is 14.2 Å². The minimum atomic E-state index is -0.256. The Kier molecular flexibility index (Phi) is 3.74. The third-order valence-corrected chi connectivity index (χ3v) is 3.67. The SMILES string of the molecule is COc1cc([C@@H](N)c2cccs2)cc(OC)c1O. The van der Waals surface area contributed by atoms with Gasteiger partial charge in [-0.05, 0) is 29.1 Å². The van der Waals surface area contributed by atoms with Crippen molar-refractivity contribution in [1.29, 1.82) is 0 Å². The molecule has 1 atom stereocenters. The van der Waals surface area contributed by atoms with Gasteiger partial charge in [0.25, 0.3) is 0 Å². The second kappa shape index (κ2) is 5.29. The van der Waals surface area contributed by atoms with Gasteiger partial charge in [0.2, 0.25) is 5.75 Å². The minimum Gasteiger partial charge on any atom is -0.502 e. The van der Waals surface area contributed by atoms with E-state index >= 15 is 0 Å². The van der Waals surface area contributed by atoms with Crippen LogP contribution < -0.4 is 15.2 Å². The van der Waals surface area contributed by atoms with Crippen molar-refractivity contribution in [2.24, 2.45) is 5.73 Å². The Bertz CT molecular complexity index is 500. The first-order valence-electron chi connectivity index (χ1n) is 5.41. The normalized spacial score (nSPS) is 12.2. The van der Waals surface area contributed by atoms with Crippen LogP contribution in [0.1, 0.15) is 16.5 Å². The number of rotatable bonds is 4. The summed E-state index contributed by atoms with van der Waals surface area (Å²) >= 11 is 1.59. The summed E-state index contributed by atoms with van der Waals surface area (Å²) in [6.45, 7) is 0. The van der Waals surface area contributed by atoms with Gasteiger partial charge in [0.05, 0.1) is 20.3 Å². The van der Waals surface area contributed by atoms with Gasteiger partial charge < -0.3 is 20.3 Å². The molecule has 96 valence electrons. The molecule has 3 N–H and O–H groups in total. The lowest BCUT2D eigenvalue weighted by atomic mass is 10.0. The average molecular weight is 265 g/mol. The molecule has 1 heterocycles. The van der Waals surface area contributed by atoms with Crippen LogP contribution in [0.3, 0.4) is 0 Å². The molecule has 0 bridgehead atoms. The number of benzene rings is 1. The lowest BCUT2D eigenvalue weighted by Crippen LogP contribution is -2.10. The molecule has 0 spiro atoms. The summed E-state index contributed by atoms with van der Waals surface area (Å²) in [4.78, 5) is 1.05. The molecule has 0 aliphatic rings. The molecule has 0 aliphatic heterocycles. The van der Waals surface area contributed by atoms with E-state index in [1.54, 1.807) is 23.5 Å². The standard InChI is InChI=1S/C13H15NO3S/c1-16-9-6-8(7-10(17-2)13(9)15)12(14)11-4-3-5-18-11/h3-7,12,15H,14H2,1-2H3/t12-/m1/s1. The molecule has 2 rings (SSSR count). The first kappa shape index (κ1) is 12.7. The van der Waals surface area contributed by atoms with E-state index in [9.17, 15) is 5.11 Å². The predicted molar refractivity (Wildman–Crippen MR) is 71.6 cm³/mol. The number of phenolic OH excluding ortho intramolecular Hbond substituents is 1. The largest absolute Gasteiger partial charge is 0.502 e. The summed E-state index contributed by atoms with van der Waals surface area (Å²) in [5, 5.41) is 11.8. The number of nitrogens with two attached hydrogens (primary N) is 1. The maximum Gasteiger partial charge on any atom is 0.200 e. The van der Waals surface area contributed by atoms with Crippen LogP contribution in [-0.2, 0) is 0 Å². The van der Waals surface area contributed by atoms with Crippen LogP contribution in [0.25, 0.3) is 0 Å². The van der Waals surface area contributed by atoms with Crippen molar-refractivity contribution >= 4 is 11.3 Å². The second-order valence-corrected chi connectivity index (χ2v) is 4.75. The highest BCUT2D eigenvalue weighted by Gasteiger charge is 2.16. The maximum absolute atomic E-state index is 9.84. The van der Waals surface area contributed by atoms with Gasteiger partial charge in [-0.25, -0.2) is 0 Å². The Morgan fingerprint density at radius 3 is 2.28 bits per heavy atom. The molecule has 4 nitrogen and oxygen atoms in total. The van der Waals surface area contributed by atoms with Gasteiger partial charge in [0, 0.05) is 4.88 Å². The topological polar surface area (TPSA) is 64.7 Å². The van der Waals surface area contributed by atoms with Gasteiger partial charge in [-0.3, -0.25) is 0 Å². The fraction of sp³-hybridized carbons (Fsp3) is 0.231. The summed E-state index contributed by atoms with van der Waals surface area (Å²) in [5.41, 5.74) is 7.01. The van der Waals surface area contributed by atoms with Crippen molar-refractivity contribution in [2.45, 2.75) is 6.04 Å². The molecule has 0 saturated carbocycles. The van der Waals surface area contributed by atoms with Gasteiger partial charge in [-0.1, -0.05) is 6.07 Å². The summed E-state index contributed by atoms with van der Waals surface area (Å²) in [5.74, 6) is 0.704. The van der Waals surface area contributed by atoms with E-state index in [0.29, 0.717) is 11.5 Å². The maximum atomic E-state index is 9.84. The molecule has 2 aromatic rings. The third-order valence-electron chi connectivity index (χ3n) is 2.71. The molecule has 1 aromatic carbocycles. The molecule has 18 heavy (non-hydrogen) atoms. The molecule has 0 aliphatic carbocycles. The summed E-state index contributed by atoms with van der Waals surface area (Å²) in [7, 11) is 2.99. The van der Waals surface area contributed by atoms with Gasteiger partial charge in [0.15, 0.2) is 11.5 Å². The van der Waals surface area contributed by atoms with E-state index in [4.69, 9.17) is 15.2 Å². The van der Waals surface area contributed by atoms with Crippen molar-refractivity contribution < 1.29 is 14.6 Å². The van der Waals surface area contributed by atoms with Crippen molar-refractivity contribution in [3.63, 3.8) is 0 Å². The monoisotopic (exact) mass is 265 g/mol. The van der Waals surface area contributed by atoms with Gasteiger partial charge in [-0.15, -0.1) is 11.3 Å². The van der Waals surface area contributed by atoms with Crippen LogP contribution in [0.5, 0.6) is 17.2 Å². The van der Waals surface area contributed by atoms with Crippen molar-refractivity contribution in [3.05, 3.63) is 40.1 Å². The number of thiophene rings is 1. The highest BCUT2D eigenvalue weighted by Crippen LogP contribution is 2.39. The van der Waals surface area contributed by atoms with E-state index < -0.39 is 0 Å². The third kappa shape index (κ3) is 2.27. The van der Waals surface area contributed by atoms with Crippen molar-refractivity contribution in [3.8, 4) is 17.2 Å². The molecular weight excluding hydrogens is 250 g/mol. The predicted octanol–water partition coefficient (Wildman–Crippen LogP) is 2.52. The number of hydrogen-bond donors (Lipinski definition) is 2. The van der Waals surface area contributed by atoms with Crippen LogP contribution in [0.2, 0.25) is 0 Å². The van der Waals surface area contributed by atoms with E-state index in [-0.39, 0.29) is 11.8 Å². The fourth-order valence-electron chi connectivity index (χ4n) is 1.73. The average Bonchev–Trinajstić information content (AvgIpc) is 2.92. The van der Waals surface area contributed by atoms with Crippen LogP contribution in [0.15, 0.2) is 29.6 Å². The van der Waals surface area contributed by atoms with Crippen LogP contribution >= 0.6 is 11.3 Å². The number of ether oxygens (including phenoxy) is 2. The molecule has 5 heteroatoms. The van der Waals surface area contributed by atoms with Crippen LogP contribution in [0.4, 0.5) is 0 Å². The van der Waals surface area contributed by atoms with Crippen LogP contribution in [0, 0.1) is 0 Å². The lowest BCUT2D eigenvalue weighted by Gasteiger charge is -2.15. The zero-order chi connectivity index (χ0) is 13.1. The quantitative estimate of drug-likeness (QED) is 0.891. The van der Waals surface area contributed by atoms with Crippen molar-refractivity contribution in [2.75, 3.05) is 14.2 Å². The van der Waals surface area contributed by atoms with Gasteiger partial charge in [-0.2, -0.15) is 0 Å². The Balaban J connectivity index is 2.45. The molecule has 0 amide bonds. The van der Waals surface area contributed by atoms with E-state index in [1.807, 2.05) is 17.5 Å². The number of phenols is 1. The number of methoxy groups -OCH3 is 2. The highest BCUT2D eigenvalue weighted by atomic mass is 32.1. The summed E-state index contributed by atoms with van der Waals surface area (Å²) < 4.78 is 10.2. The fourth-order valence-corrected chi connectivity index (χ4v) is 2.48. The number of aromatic hydroxyl groups is 1. The summed E-state index contributed by atoms with van der Waals surface area (Å²) in [6, 6.07) is 7.12. The Hall–Kier alpha value is -1.72.